The molecule has 0 unspecified atom stereocenters. The first-order valence-corrected chi connectivity index (χ1v) is 8.43. The number of ether oxygens (including phenoxy) is 1. The van der Waals surface area contributed by atoms with Crippen molar-refractivity contribution < 1.29 is 9.53 Å². The summed E-state index contributed by atoms with van der Waals surface area (Å²) >= 11 is 5.26. The first kappa shape index (κ1) is 19.9. The molecule has 130 valence electrons. The second-order valence-electron chi connectivity index (χ2n) is 5.80. The van der Waals surface area contributed by atoms with Crippen LogP contribution in [-0.4, -0.2) is 35.6 Å². The number of hydrogen-bond acceptors (Lipinski definition) is 3. The van der Waals surface area contributed by atoms with Gasteiger partial charge in [0.15, 0.2) is 5.11 Å². The summed E-state index contributed by atoms with van der Waals surface area (Å²) in [6, 6.07) is 7.05. The molecular weight excluding hydrogens is 320 g/mol. The maximum atomic E-state index is 12.3. The maximum Gasteiger partial charge on any atom is 0.257 e. The minimum absolute atomic E-state index is 0.244. The van der Waals surface area contributed by atoms with Gasteiger partial charge in [0.25, 0.3) is 5.91 Å². The predicted molar refractivity (Wildman–Crippen MR) is 103 cm³/mol. The minimum Gasteiger partial charge on any atom is -0.494 e. The van der Waals surface area contributed by atoms with E-state index in [1.807, 2.05) is 0 Å². The molecule has 0 radical (unpaired) electrons. The zero-order valence-corrected chi connectivity index (χ0v) is 15.3. The minimum atomic E-state index is -0.244. The van der Waals surface area contributed by atoms with Gasteiger partial charge in [0.05, 0.1) is 6.61 Å². The van der Waals surface area contributed by atoms with Crippen LogP contribution in [0.4, 0.5) is 0 Å². The first-order chi connectivity index (χ1) is 11.5. The number of nitrogens with one attached hydrogen (secondary N) is 1. The van der Waals surface area contributed by atoms with Crippen molar-refractivity contribution in [2.24, 2.45) is 5.92 Å². The Labute approximate surface area is 150 Å². The largest absolute Gasteiger partial charge is 0.494 e. The number of carbonyl (C=O) groups excluding carboxylic acids is 1. The maximum absolute atomic E-state index is 12.3. The van der Waals surface area contributed by atoms with Gasteiger partial charge in [-0.3, -0.25) is 10.1 Å². The smallest absolute Gasteiger partial charge is 0.257 e. The zero-order chi connectivity index (χ0) is 17.9. The van der Waals surface area contributed by atoms with Gasteiger partial charge in [-0.25, -0.2) is 0 Å². The fraction of sp³-hybridized carbons (Fsp3) is 0.368. The average molecular weight is 346 g/mol. The van der Waals surface area contributed by atoms with Crippen LogP contribution >= 0.6 is 12.2 Å². The number of amides is 1. The van der Waals surface area contributed by atoms with Gasteiger partial charge in [0.2, 0.25) is 0 Å². The second-order valence-corrected chi connectivity index (χ2v) is 6.18. The van der Waals surface area contributed by atoms with Crippen LogP contribution in [-0.2, 0) is 0 Å². The highest BCUT2D eigenvalue weighted by molar-refractivity contribution is 7.80. The Morgan fingerprint density at radius 1 is 1.25 bits per heavy atom. The fourth-order valence-corrected chi connectivity index (χ4v) is 2.16. The van der Waals surface area contributed by atoms with E-state index in [0.717, 1.165) is 12.2 Å². The van der Waals surface area contributed by atoms with Gasteiger partial charge in [0, 0.05) is 18.7 Å². The van der Waals surface area contributed by atoms with Crippen molar-refractivity contribution in [2.45, 2.75) is 20.3 Å². The molecule has 0 fully saturated rings. The summed E-state index contributed by atoms with van der Waals surface area (Å²) in [5, 5.41) is 3.08. The number of thiocarbonyl (C=S) groups is 1. The molecule has 0 saturated carbocycles. The number of nitrogens with zero attached hydrogens (tertiary/aromatic N) is 1. The van der Waals surface area contributed by atoms with Crippen LogP contribution in [0.15, 0.2) is 49.6 Å². The van der Waals surface area contributed by atoms with E-state index < -0.39 is 0 Å². The summed E-state index contributed by atoms with van der Waals surface area (Å²) in [6.07, 6.45) is 4.45. The van der Waals surface area contributed by atoms with Crippen LogP contribution < -0.4 is 10.1 Å². The summed E-state index contributed by atoms with van der Waals surface area (Å²) in [5.41, 5.74) is 0.533. The molecule has 1 N–H and O–H groups in total. The molecule has 0 spiro atoms. The average Bonchev–Trinajstić information content (AvgIpc) is 2.54. The molecule has 1 rings (SSSR count). The van der Waals surface area contributed by atoms with Crippen LogP contribution in [0.5, 0.6) is 5.75 Å². The van der Waals surface area contributed by atoms with Gasteiger partial charge in [-0.15, -0.1) is 13.2 Å². The first-order valence-electron chi connectivity index (χ1n) is 8.02. The SMILES string of the molecule is C=CCN(CC=C)C(=S)NC(=O)c1ccc(OCCC(C)C)cc1. The Balaban J connectivity index is 2.59. The molecule has 0 aliphatic rings. The lowest BCUT2D eigenvalue weighted by Crippen LogP contribution is -2.42. The van der Waals surface area contributed by atoms with Crippen molar-refractivity contribution in [3.05, 3.63) is 55.1 Å². The van der Waals surface area contributed by atoms with Gasteiger partial charge in [-0.05, 0) is 48.8 Å². The van der Waals surface area contributed by atoms with E-state index >= 15 is 0 Å². The van der Waals surface area contributed by atoms with Crippen LogP contribution in [0.3, 0.4) is 0 Å². The molecule has 1 aromatic rings. The van der Waals surface area contributed by atoms with E-state index in [4.69, 9.17) is 17.0 Å². The number of carbonyl (C=O) groups is 1. The third kappa shape index (κ3) is 6.96. The molecule has 1 amide bonds. The van der Waals surface area contributed by atoms with Crippen LogP contribution in [0, 0.1) is 5.92 Å². The topological polar surface area (TPSA) is 41.6 Å². The van der Waals surface area contributed by atoms with E-state index in [9.17, 15) is 4.79 Å². The highest BCUT2D eigenvalue weighted by Gasteiger charge is 2.12. The molecule has 4 nitrogen and oxygen atoms in total. The standard InChI is InChI=1S/C19H26N2O2S/c1-5-12-21(13-6-2)19(24)20-18(22)16-7-9-17(10-8-16)23-14-11-15(3)4/h5-10,15H,1-2,11-14H2,3-4H3,(H,20,22,24). The lowest BCUT2D eigenvalue weighted by molar-refractivity contribution is 0.0974. The van der Waals surface area contributed by atoms with E-state index in [1.54, 1.807) is 41.3 Å². The molecule has 0 aliphatic carbocycles. The normalized spacial score (nSPS) is 10.1. The molecule has 5 heteroatoms. The molecule has 0 heterocycles. The number of hydrogen-bond donors (Lipinski definition) is 1. The quantitative estimate of drug-likeness (QED) is 0.545. The Bertz CT molecular complexity index is 557. The van der Waals surface area contributed by atoms with E-state index in [2.05, 4.69) is 32.3 Å². The Hall–Kier alpha value is -2.14. The van der Waals surface area contributed by atoms with Crippen molar-refractivity contribution in [1.29, 1.82) is 0 Å². The van der Waals surface area contributed by atoms with E-state index in [-0.39, 0.29) is 5.91 Å². The molecule has 0 aliphatic heterocycles. The molecule has 1 aromatic carbocycles. The van der Waals surface area contributed by atoms with Crippen molar-refractivity contribution in [3.8, 4) is 5.75 Å². The van der Waals surface area contributed by atoms with E-state index in [0.29, 0.717) is 36.3 Å². The molecule has 0 atom stereocenters. The van der Waals surface area contributed by atoms with Gasteiger partial charge in [0.1, 0.15) is 5.75 Å². The zero-order valence-electron chi connectivity index (χ0n) is 14.5. The molecule has 24 heavy (non-hydrogen) atoms. The number of benzene rings is 1. The molecule has 0 bridgehead atoms. The third-order valence-electron chi connectivity index (χ3n) is 3.29. The van der Waals surface area contributed by atoms with Crippen molar-refractivity contribution in [2.75, 3.05) is 19.7 Å². The Morgan fingerprint density at radius 3 is 2.33 bits per heavy atom. The lowest BCUT2D eigenvalue weighted by atomic mass is 10.1. The molecular formula is C19H26N2O2S. The van der Waals surface area contributed by atoms with Gasteiger partial charge >= 0.3 is 0 Å². The number of rotatable bonds is 9. The summed E-state index contributed by atoms with van der Waals surface area (Å²) in [4.78, 5) is 14.1. The van der Waals surface area contributed by atoms with Crippen LogP contribution in [0.1, 0.15) is 30.6 Å². The Morgan fingerprint density at radius 2 is 1.83 bits per heavy atom. The summed E-state index contributed by atoms with van der Waals surface area (Å²) in [6.45, 7) is 13.5. The van der Waals surface area contributed by atoms with Crippen molar-refractivity contribution in [1.82, 2.24) is 10.2 Å². The predicted octanol–water partition coefficient (Wildman–Crippen LogP) is 3.80. The van der Waals surface area contributed by atoms with Gasteiger partial charge in [-0.2, -0.15) is 0 Å². The highest BCUT2D eigenvalue weighted by Crippen LogP contribution is 2.13. The molecule has 0 aromatic heterocycles. The summed E-state index contributed by atoms with van der Waals surface area (Å²) in [5.74, 6) is 1.12. The van der Waals surface area contributed by atoms with Gasteiger partial charge in [-0.1, -0.05) is 26.0 Å². The van der Waals surface area contributed by atoms with Crippen molar-refractivity contribution >= 4 is 23.2 Å². The highest BCUT2D eigenvalue weighted by atomic mass is 32.1. The Kier molecular flexibility index (Phi) is 8.79. The van der Waals surface area contributed by atoms with E-state index in [1.165, 1.54) is 0 Å². The monoisotopic (exact) mass is 346 g/mol. The summed E-state index contributed by atoms with van der Waals surface area (Å²) in [7, 11) is 0. The molecule has 0 saturated heterocycles. The van der Waals surface area contributed by atoms with Gasteiger partial charge < -0.3 is 9.64 Å². The second kappa shape index (κ2) is 10.6. The summed E-state index contributed by atoms with van der Waals surface area (Å²) < 4.78 is 5.65. The lowest BCUT2D eigenvalue weighted by Gasteiger charge is -2.22. The van der Waals surface area contributed by atoms with Crippen LogP contribution in [0.25, 0.3) is 0 Å². The van der Waals surface area contributed by atoms with Crippen molar-refractivity contribution in [3.63, 3.8) is 0 Å². The fourth-order valence-electron chi connectivity index (χ4n) is 1.92. The van der Waals surface area contributed by atoms with Crippen LogP contribution in [0.2, 0.25) is 0 Å². The third-order valence-corrected chi connectivity index (χ3v) is 3.65.